The van der Waals surface area contributed by atoms with Crippen LogP contribution in [0.15, 0.2) is 85.1 Å². The number of phosphoric ester groups is 1. The van der Waals surface area contributed by atoms with Gasteiger partial charge in [-0.15, -0.1) is 0 Å². The normalized spacial score (nSPS) is 14.3. The molecular weight excluding hydrogens is 830 g/mol. The van der Waals surface area contributed by atoms with Crippen LogP contribution in [-0.2, 0) is 32.7 Å². The lowest BCUT2D eigenvalue weighted by molar-refractivity contribution is -0.147. The van der Waals surface area contributed by atoms with Crippen LogP contribution >= 0.6 is 7.82 Å². The molecule has 11 nitrogen and oxygen atoms in total. The maximum Gasteiger partial charge on any atom is 0.472 e. The van der Waals surface area contributed by atoms with Crippen molar-refractivity contribution in [2.24, 2.45) is 0 Å². The fourth-order valence-corrected chi connectivity index (χ4v) is 7.14. The first-order valence-electron chi connectivity index (χ1n) is 24.6. The molecule has 0 radical (unpaired) electrons. The van der Waals surface area contributed by atoms with Crippen LogP contribution in [-0.4, -0.2) is 64.9 Å². The summed E-state index contributed by atoms with van der Waals surface area (Å²) in [6.07, 6.45) is 57.4. The maximum absolute atomic E-state index is 12.4. The number of unbranched alkanes of at least 4 members (excludes halogenated alkanes) is 17. The van der Waals surface area contributed by atoms with Crippen molar-refractivity contribution in [1.29, 1.82) is 0 Å². The van der Waals surface area contributed by atoms with Gasteiger partial charge in [-0.05, 0) is 89.9 Å². The Bertz CT molecular complexity index is 1400. The average molecular weight is 918 g/mol. The SMILES string of the molecule is CC/C=C\C/C=C\C/C=C\C/C=C\C/C=C\C/C=C\CCCCCCC(=O)NC(COP(=O)(O)OCC(O)COC(=O)CCCCCCCCC/C=C\CCCCCCCC)C(=O)O. The van der Waals surface area contributed by atoms with Crippen LogP contribution in [0.1, 0.15) is 194 Å². The molecular formula is C52H88NO10P. The lowest BCUT2D eigenvalue weighted by Crippen LogP contribution is -2.43. The van der Waals surface area contributed by atoms with Gasteiger partial charge in [0.25, 0.3) is 0 Å². The Morgan fingerprint density at radius 1 is 0.516 bits per heavy atom. The Balaban J connectivity index is 3.94. The summed E-state index contributed by atoms with van der Waals surface area (Å²) in [4.78, 5) is 46.1. The number of hydrogen-bond donors (Lipinski definition) is 4. The zero-order chi connectivity index (χ0) is 47.0. The number of phosphoric acid groups is 1. The molecule has 0 rings (SSSR count). The monoisotopic (exact) mass is 918 g/mol. The number of nitrogens with one attached hydrogen (secondary N) is 1. The second-order valence-corrected chi connectivity index (χ2v) is 17.7. The van der Waals surface area contributed by atoms with Gasteiger partial charge in [0.2, 0.25) is 5.91 Å². The number of carboxylic acid groups (broad SMARTS) is 1. The number of amides is 1. The number of esters is 1. The van der Waals surface area contributed by atoms with E-state index >= 15 is 0 Å². The average Bonchev–Trinajstić information content (AvgIpc) is 3.27. The highest BCUT2D eigenvalue weighted by Crippen LogP contribution is 2.43. The minimum atomic E-state index is -4.77. The second-order valence-electron chi connectivity index (χ2n) is 16.3. The molecule has 0 aliphatic rings. The minimum absolute atomic E-state index is 0.111. The molecule has 1 amide bonds. The molecule has 0 aliphatic carbocycles. The van der Waals surface area contributed by atoms with E-state index in [-0.39, 0.29) is 12.8 Å². The van der Waals surface area contributed by atoms with Crippen LogP contribution in [0.2, 0.25) is 0 Å². The number of aliphatic carboxylic acids is 1. The number of rotatable bonds is 45. The molecule has 366 valence electrons. The van der Waals surface area contributed by atoms with Gasteiger partial charge in [0, 0.05) is 12.8 Å². The fraction of sp³-hybridized carbons (Fsp3) is 0.673. The van der Waals surface area contributed by atoms with E-state index in [1.54, 1.807) is 0 Å². The number of aliphatic hydroxyl groups is 1. The third-order valence-corrected chi connectivity index (χ3v) is 11.1. The summed E-state index contributed by atoms with van der Waals surface area (Å²) in [5.74, 6) is -2.42. The number of carboxylic acids is 1. The van der Waals surface area contributed by atoms with Crippen molar-refractivity contribution >= 4 is 25.7 Å². The highest BCUT2D eigenvalue weighted by Gasteiger charge is 2.28. The summed E-state index contributed by atoms with van der Waals surface area (Å²) in [5, 5.41) is 21.9. The van der Waals surface area contributed by atoms with Crippen LogP contribution in [0.5, 0.6) is 0 Å². The van der Waals surface area contributed by atoms with Gasteiger partial charge in [-0.1, -0.05) is 176 Å². The zero-order valence-corrected chi connectivity index (χ0v) is 40.7. The molecule has 0 saturated carbocycles. The third kappa shape index (κ3) is 45.2. The van der Waals surface area contributed by atoms with Gasteiger partial charge in [-0.2, -0.15) is 0 Å². The Morgan fingerprint density at radius 3 is 1.38 bits per heavy atom. The van der Waals surface area contributed by atoms with Crippen molar-refractivity contribution in [2.75, 3.05) is 19.8 Å². The van der Waals surface area contributed by atoms with Crippen LogP contribution < -0.4 is 5.32 Å². The Morgan fingerprint density at radius 2 is 0.906 bits per heavy atom. The van der Waals surface area contributed by atoms with Crippen LogP contribution in [0.4, 0.5) is 0 Å². The molecule has 0 aromatic rings. The standard InChI is InChI=1S/C52H88NO10P/c1-3-5-7-9-11-13-15-17-19-21-22-23-24-25-26-28-29-31-33-35-37-39-41-43-50(55)53-49(52(57)58)47-63-64(59,60)62-46-48(54)45-61-51(56)44-42-40-38-36-34-32-30-27-20-18-16-14-12-10-8-6-4-2/h5,7,11,13,17-20,22-23,25-26,29,31,48-49,54H,3-4,6,8-10,12,14-16,21,24,27-28,30,32-47H2,1-2H3,(H,53,55)(H,57,58)(H,59,60)/b7-5-,13-11-,19-17-,20-18-,23-22-,26-25-,31-29-. The summed E-state index contributed by atoms with van der Waals surface area (Å²) in [7, 11) is -4.77. The summed E-state index contributed by atoms with van der Waals surface area (Å²) >= 11 is 0. The van der Waals surface area contributed by atoms with Crippen molar-refractivity contribution in [3.63, 3.8) is 0 Å². The minimum Gasteiger partial charge on any atom is -0.480 e. The van der Waals surface area contributed by atoms with E-state index in [9.17, 15) is 34.1 Å². The zero-order valence-electron chi connectivity index (χ0n) is 39.8. The highest BCUT2D eigenvalue weighted by atomic mass is 31.2. The van der Waals surface area contributed by atoms with Gasteiger partial charge in [0.05, 0.1) is 13.2 Å². The van der Waals surface area contributed by atoms with E-state index in [0.29, 0.717) is 12.8 Å². The highest BCUT2D eigenvalue weighted by molar-refractivity contribution is 7.47. The van der Waals surface area contributed by atoms with E-state index in [2.05, 4.69) is 104 Å². The molecule has 0 spiro atoms. The molecule has 64 heavy (non-hydrogen) atoms. The largest absolute Gasteiger partial charge is 0.480 e. The van der Waals surface area contributed by atoms with Crippen molar-refractivity contribution < 1.29 is 47.8 Å². The molecule has 0 heterocycles. The number of hydrogen-bond acceptors (Lipinski definition) is 8. The van der Waals surface area contributed by atoms with E-state index < -0.39 is 57.6 Å². The summed E-state index contributed by atoms with van der Waals surface area (Å²) in [6, 6.07) is -1.57. The lowest BCUT2D eigenvalue weighted by atomic mass is 10.1. The van der Waals surface area contributed by atoms with Crippen molar-refractivity contribution in [3.05, 3.63) is 85.1 Å². The molecule has 0 bridgehead atoms. The first kappa shape index (κ1) is 60.7. The molecule has 0 fully saturated rings. The van der Waals surface area contributed by atoms with E-state index in [4.69, 9.17) is 13.8 Å². The molecule has 3 atom stereocenters. The van der Waals surface area contributed by atoms with Gasteiger partial charge < -0.3 is 25.2 Å². The Kier molecular flexibility index (Phi) is 43.8. The summed E-state index contributed by atoms with van der Waals surface area (Å²) in [6.45, 7) is 2.46. The molecule has 0 aromatic carbocycles. The van der Waals surface area contributed by atoms with Crippen molar-refractivity contribution in [2.45, 2.75) is 206 Å². The van der Waals surface area contributed by atoms with E-state index in [0.717, 1.165) is 89.9 Å². The fourth-order valence-electron chi connectivity index (χ4n) is 6.37. The number of aliphatic hydroxyl groups excluding tert-OH is 1. The molecule has 12 heteroatoms. The predicted molar refractivity (Wildman–Crippen MR) is 263 cm³/mol. The molecule has 0 aliphatic heterocycles. The van der Waals surface area contributed by atoms with E-state index in [1.807, 2.05) is 0 Å². The second kappa shape index (κ2) is 46.2. The number of carbonyl (C=O) groups is 3. The van der Waals surface area contributed by atoms with Gasteiger partial charge in [-0.3, -0.25) is 18.6 Å². The van der Waals surface area contributed by atoms with E-state index in [1.165, 1.54) is 64.2 Å². The quantitative estimate of drug-likeness (QED) is 0.0200. The van der Waals surface area contributed by atoms with Gasteiger partial charge in [0.15, 0.2) is 6.04 Å². The summed E-state index contributed by atoms with van der Waals surface area (Å²) in [5.41, 5.74) is 0. The van der Waals surface area contributed by atoms with Crippen molar-refractivity contribution in [3.8, 4) is 0 Å². The molecule has 0 aromatic heterocycles. The third-order valence-electron chi connectivity index (χ3n) is 10.2. The van der Waals surface area contributed by atoms with Crippen LogP contribution in [0, 0.1) is 0 Å². The van der Waals surface area contributed by atoms with Crippen LogP contribution in [0.3, 0.4) is 0 Å². The lowest BCUT2D eigenvalue weighted by Gasteiger charge is -2.18. The topological polar surface area (TPSA) is 169 Å². The summed E-state index contributed by atoms with van der Waals surface area (Å²) < 4.78 is 26.9. The first-order valence-corrected chi connectivity index (χ1v) is 26.1. The predicted octanol–water partition coefficient (Wildman–Crippen LogP) is 13.4. The Hall–Kier alpha value is -3.34. The van der Waals surface area contributed by atoms with Gasteiger partial charge >= 0.3 is 19.8 Å². The van der Waals surface area contributed by atoms with Crippen LogP contribution in [0.25, 0.3) is 0 Å². The van der Waals surface area contributed by atoms with Crippen molar-refractivity contribution in [1.82, 2.24) is 5.32 Å². The van der Waals surface area contributed by atoms with Gasteiger partial charge in [-0.25, -0.2) is 9.36 Å². The number of carbonyl (C=O) groups excluding carboxylic acids is 2. The maximum atomic E-state index is 12.4. The first-order chi connectivity index (χ1) is 31.1. The number of allylic oxidation sites excluding steroid dienone is 14. The molecule has 3 unspecified atom stereocenters. The molecule has 0 saturated heterocycles. The smallest absolute Gasteiger partial charge is 0.472 e. The van der Waals surface area contributed by atoms with Gasteiger partial charge in [0.1, 0.15) is 12.7 Å². The molecule has 4 N–H and O–H groups in total. The number of ether oxygens (including phenoxy) is 1. The Labute approximate surface area is 388 Å².